The largest absolute Gasteiger partial charge is 0.469 e. The smallest absolute Gasteiger partial charge is 0.305 e. The van der Waals surface area contributed by atoms with Gasteiger partial charge in [-0.15, -0.1) is 0 Å². The predicted molar refractivity (Wildman–Crippen MR) is 91.0 cm³/mol. The zero-order valence-electron chi connectivity index (χ0n) is 14.4. The van der Waals surface area contributed by atoms with Gasteiger partial charge in [0.25, 0.3) is 0 Å². The van der Waals surface area contributed by atoms with Crippen LogP contribution in [0.3, 0.4) is 0 Å². The van der Waals surface area contributed by atoms with E-state index in [1.165, 1.54) is 13.2 Å². The molecule has 0 heterocycles. The van der Waals surface area contributed by atoms with Crippen LogP contribution in [-0.2, 0) is 14.3 Å². The van der Waals surface area contributed by atoms with E-state index in [0.29, 0.717) is 19.3 Å². The number of carbonyl (C=O) groups is 2. The fourth-order valence-corrected chi connectivity index (χ4v) is 2.99. The zero-order chi connectivity index (χ0) is 17.1. The first kappa shape index (κ1) is 19.6. The fraction of sp³-hybridized carbons (Fsp3) is 0.684. The molecule has 0 bridgehead atoms. The van der Waals surface area contributed by atoms with E-state index in [9.17, 15) is 14.7 Å². The quantitative estimate of drug-likeness (QED) is 0.358. The number of hydrogen-bond donors (Lipinski definition) is 1. The van der Waals surface area contributed by atoms with Crippen LogP contribution in [0.4, 0.5) is 0 Å². The standard InChI is InChI=1S/C19H30O4/c1-3-4-8-11-16-17(20)13-15-19(16,22)14-10-7-5-6-9-12-18(21)23-2/h4,8,13,15-16,22H,3,5-7,9-12,14H2,1-2H3. The van der Waals surface area contributed by atoms with Gasteiger partial charge < -0.3 is 9.84 Å². The molecule has 0 fully saturated rings. The summed E-state index contributed by atoms with van der Waals surface area (Å²) in [5.41, 5.74) is -0.985. The van der Waals surface area contributed by atoms with Gasteiger partial charge in [-0.2, -0.15) is 0 Å². The van der Waals surface area contributed by atoms with Crippen molar-refractivity contribution >= 4 is 11.8 Å². The first-order chi connectivity index (χ1) is 11.0. The zero-order valence-corrected chi connectivity index (χ0v) is 14.4. The summed E-state index contributed by atoms with van der Waals surface area (Å²) >= 11 is 0. The van der Waals surface area contributed by atoms with Crippen LogP contribution in [0.5, 0.6) is 0 Å². The minimum atomic E-state index is -0.985. The number of allylic oxidation sites excluding steroid dienone is 3. The molecule has 0 radical (unpaired) electrons. The Hall–Kier alpha value is -1.42. The summed E-state index contributed by atoms with van der Waals surface area (Å²) in [6.07, 6.45) is 14.6. The molecular weight excluding hydrogens is 292 g/mol. The van der Waals surface area contributed by atoms with Crippen molar-refractivity contribution in [3.05, 3.63) is 24.3 Å². The molecule has 0 spiro atoms. The van der Waals surface area contributed by atoms with E-state index >= 15 is 0 Å². The minimum Gasteiger partial charge on any atom is -0.469 e. The third kappa shape index (κ3) is 6.69. The maximum absolute atomic E-state index is 11.9. The molecule has 1 N–H and O–H groups in total. The molecule has 0 saturated heterocycles. The normalized spacial score (nSPS) is 23.8. The second-order valence-corrected chi connectivity index (χ2v) is 6.24. The Kier molecular flexibility index (Phi) is 8.85. The van der Waals surface area contributed by atoms with E-state index in [1.54, 1.807) is 6.08 Å². The SMILES string of the molecule is CCC=CCC1C(=O)C=CC1(O)CCCCCCCC(=O)OC. The van der Waals surface area contributed by atoms with Gasteiger partial charge in [-0.05, 0) is 37.8 Å². The van der Waals surface area contributed by atoms with Crippen LogP contribution < -0.4 is 0 Å². The molecule has 0 amide bonds. The number of esters is 1. The number of ketones is 1. The molecule has 23 heavy (non-hydrogen) atoms. The van der Waals surface area contributed by atoms with Crippen molar-refractivity contribution in [1.82, 2.24) is 0 Å². The van der Waals surface area contributed by atoms with Crippen LogP contribution in [0.1, 0.15) is 64.7 Å². The van der Waals surface area contributed by atoms with Gasteiger partial charge in [-0.3, -0.25) is 9.59 Å². The molecular formula is C19H30O4. The van der Waals surface area contributed by atoms with Gasteiger partial charge in [-0.25, -0.2) is 0 Å². The molecule has 0 aromatic carbocycles. The Labute approximate surface area is 139 Å². The number of ether oxygens (including phenoxy) is 1. The molecule has 0 aliphatic heterocycles. The molecule has 0 aromatic heterocycles. The monoisotopic (exact) mass is 322 g/mol. The molecule has 0 saturated carbocycles. The Morgan fingerprint density at radius 3 is 2.65 bits per heavy atom. The lowest BCUT2D eigenvalue weighted by atomic mass is 9.83. The van der Waals surface area contributed by atoms with E-state index in [2.05, 4.69) is 11.7 Å². The van der Waals surface area contributed by atoms with E-state index in [-0.39, 0.29) is 17.7 Å². The summed E-state index contributed by atoms with van der Waals surface area (Å²) in [5.74, 6) is -0.451. The lowest BCUT2D eigenvalue weighted by molar-refractivity contribution is -0.140. The van der Waals surface area contributed by atoms with Crippen molar-refractivity contribution in [1.29, 1.82) is 0 Å². The fourth-order valence-electron chi connectivity index (χ4n) is 2.99. The Balaban J connectivity index is 2.26. The van der Waals surface area contributed by atoms with Gasteiger partial charge in [-0.1, -0.05) is 44.8 Å². The van der Waals surface area contributed by atoms with Crippen LogP contribution in [0.25, 0.3) is 0 Å². The van der Waals surface area contributed by atoms with Crippen LogP contribution in [0.15, 0.2) is 24.3 Å². The molecule has 0 aromatic rings. The molecule has 130 valence electrons. The van der Waals surface area contributed by atoms with Crippen molar-refractivity contribution in [3.63, 3.8) is 0 Å². The minimum absolute atomic E-state index is 0.0336. The highest BCUT2D eigenvalue weighted by molar-refractivity contribution is 5.96. The summed E-state index contributed by atoms with van der Waals surface area (Å²) in [4.78, 5) is 22.9. The van der Waals surface area contributed by atoms with Crippen molar-refractivity contribution in [2.45, 2.75) is 70.3 Å². The molecule has 2 atom stereocenters. The average Bonchev–Trinajstić information content (AvgIpc) is 2.82. The Morgan fingerprint density at radius 2 is 1.96 bits per heavy atom. The molecule has 2 unspecified atom stereocenters. The highest BCUT2D eigenvalue weighted by atomic mass is 16.5. The van der Waals surface area contributed by atoms with Crippen molar-refractivity contribution < 1.29 is 19.4 Å². The molecule has 4 nitrogen and oxygen atoms in total. The van der Waals surface area contributed by atoms with Crippen LogP contribution in [-0.4, -0.2) is 29.6 Å². The number of rotatable bonds is 11. The summed E-state index contributed by atoms with van der Waals surface area (Å²) in [5, 5.41) is 10.7. The third-order valence-electron chi connectivity index (χ3n) is 4.44. The number of aliphatic hydroxyl groups is 1. The van der Waals surface area contributed by atoms with Crippen LogP contribution in [0, 0.1) is 5.92 Å². The van der Waals surface area contributed by atoms with Crippen LogP contribution >= 0.6 is 0 Å². The number of hydrogen-bond acceptors (Lipinski definition) is 4. The number of methoxy groups -OCH3 is 1. The maximum Gasteiger partial charge on any atom is 0.305 e. The van der Waals surface area contributed by atoms with E-state index in [0.717, 1.165) is 38.5 Å². The predicted octanol–water partition coefficient (Wildman–Crippen LogP) is 3.73. The van der Waals surface area contributed by atoms with Gasteiger partial charge >= 0.3 is 5.97 Å². The van der Waals surface area contributed by atoms with Gasteiger partial charge in [0.15, 0.2) is 5.78 Å². The van der Waals surface area contributed by atoms with Crippen LogP contribution in [0.2, 0.25) is 0 Å². The van der Waals surface area contributed by atoms with Crippen molar-refractivity contribution in [2.24, 2.45) is 5.92 Å². The lowest BCUT2D eigenvalue weighted by Gasteiger charge is -2.27. The Bertz CT molecular complexity index is 439. The third-order valence-corrected chi connectivity index (χ3v) is 4.44. The second-order valence-electron chi connectivity index (χ2n) is 6.24. The molecule has 1 rings (SSSR count). The van der Waals surface area contributed by atoms with Gasteiger partial charge in [0, 0.05) is 6.42 Å². The Morgan fingerprint density at radius 1 is 1.26 bits per heavy atom. The van der Waals surface area contributed by atoms with Gasteiger partial charge in [0.1, 0.15) is 0 Å². The van der Waals surface area contributed by atoms with E-state index in [1.807, 2.05) is 12.2 Å². The molecule has 1 aliphatic rings. The van der Waals surface area contributed by atoms with Gasteiger partial charge in [0.2, 0.25) is 0 Å². The first-order valence-electron chi connectivity index (χ1n) is 8.70. The van der Waals surface area contributed by atoms with E-state index in [4.69, 9.17) is 0 Å². The van der Waals surface area contributed by atoms with Crippen molar-refractivity contribution in [3.8, 4) is 0 Å². The van der Waals surface area contributed by atoms with Crippen molar-refractivity contribution in [2.75, 3.05) is 7.11 Å². The maximum atomic E-state index is 11.9. The number of unbranched alkanes of at least 4 members (excludes halogenated alkanes) is 4. The highest BCUT2D eigenvalue weighted by Crippen LogP contribution is 2.34. The summed E-state index contributed by atoms with van der Waals surface area (Å²) < 4.78 is 4.60. The summed E-state index contributed by atoms with van der Waals surface area (Å²) in [7, 11) is 1.41. The highest BCUT2D eigenvalue weighted by Gasteiger charge is 2.41. The number of carbonyl (C=O) groups excluding carboxylic acids is 2. The average molecular weight is 322 g/mol. The summed E-state index contributed by atoms with van der Waals surface area (Å²) in [6, 6.07) is 0. The van der Waals surface area contributed by atoms with E-state index < -0.39 is 5.60 Å². The molecule has 1 aliphatic carbocycles. The topological polar surface area (TPSA) is 63.6 Å². The first-order valence-corrected chi connectivity index (χ1v) is 8.70. The molecule has 4 heteroatoms. The van der Waals surface area contributed by atoms with Gasteiger partial charge in [0.05, 0.1) is 18.6 Å². The second kappa shape index (κ2) is 10.4. The lowest BCUT2D eigenvalue weighted by Crippen LogP contribution is -2.35. The summed E-state index contributed by atoms with van der Waals surface area (Å²) in [6.45, 7) is 2.05.